The number of rotatable bonds is 6. The van der Waals surface area contributed by atoms with Crippen molar-refractivity contribution in [2.45, 2.75) is 26.2 Å². The van der Waals surface area contributed by atoms with Crippen molar-refractivity contribution in [3.63, 3.8) is 0 Å². The monoisotopic (exact) mass is 511 g/mol. The number of hydrogen-bond acceptors (Lipinski definition) is 6. The second-order valence-electron chi connectivity index (χ2n) is 8.97. The molecule has 9 heteroatoms. The van der Waals surface area contributed by atoms with Gasteiger partial charge in [-0.1, -0.05) is 41.7 Å². The number of carbonyl (C=O) groups is 3. The Labute approximate surface area is 218 Å². The molecular formula is C28H25N5O3S. The molecule has 0 bridgehead atoms. The molecule has 1 saturated heterocycles. The Kier molecular flexibility index (Phi) is 6.78. The van der Waals surface area contributed by atoms with E-state index in [1.54, 1.807) is 53.4 Å². The van der Waals surface area contributed by atoms with Gasteiger partial charge in [0, 0.05) is 41.4 Å². The van der Waals surface area contributed by atoms with E-state index in [0.29, 0.717) is 39.9 Å². The van der Waals surface area contributed by atoms with E-state index in [0.717, 1.165) is 11.3 Å². The first-order valence-corrected chi connectivity index (χ1v) is 12.7. The van der Waals surface area contributed by atoms with E-state index in [2.05, 4.69) is 20.8 Å². The van der Waals surface area contributed by atoms with E-state index < -0.39 is 0 Å². The maximum absolute atomic E-state index is 12.9. The highest BCUT2D eigenvalue weighted by molar-refractivity contribution is 7.15. The quantitative estimate of drug-likeness (QED) is 0.371. The third kappa shape index (κ3) is 5.41. The molecule has 1 aliphatic rings. The van der Waals surface area contributed by atoms with Gasteiger partial charge in [0.05, 0.1) is 0 Å². The Bertz CT molecular complexity index is 1480. The van der Waals surface area contributed by atoms with Gasteiger partial charge in [-0.3, -0.25) is 19.7 Å². The molecule has 37 heavy (non-hydrogen) atoms. The zero-order valence-electron chi connectivity index (χ0n) is 20.4. The maximum atomic E-state index is 12.9. The van der Waals surface area contributed by atoms with Crippen LogP contribution in [0.4, 0.5) is 16.5 Å². The van der Waals surface area contributed by atoms with Crippen molar-refractivity contribution in [3.8, 4) is 0 Å². The van der Waals surface area contributed by atoms with Crippen molar-refractivity contribution in [1.82, 2.24) is 10.2 Å². The van der Waals surface area contributed by atoms with Gasteiger partial charge in [-0.2, -0.15) is 0 Å². The van der Waals surface area contributed by atoms with Crippen molar-refractivity contribution in [3.05, 3.63) is 100 Å². The molecule has 4 aromatic rings. The summed E-state index contributed by atoms with van der Waals surface area (Å²) in [6.07, 6.45) is 0.346. The number of aromatic nitrogens is 2. The van der Waals surface area contributed by atoms with Gasteiger partial charge < -0.3 is 10.2 Å². The zero-order chi connectivity index (χ0) is 25.9. The molecule has 1 fully saturated rings. The summed E-state index contributed by atoms with van der Waals surface area (Å²) in [6.45, 7) is 4.60. The summed E-state index contributed by atoms with van der Waals surface area (Å²) in [5.74, 6) is -0.664. The fourth-order valence-electron chi connectivity index (χ4n) is 4.17. The first-order valence-electron chi connectivity index (χ1n) is 11.9. The van der Waals surface area contributed by atoms with Gasteiger partial charge in [-0.25, -0.2) is 0 Å². The number of hydrogen-bond donors (Lipinski definition) is 2. The van der Waals surface area contributed by atoms with Gasteiger partial charge in [-0.05, 0) is 67.4 Å². The van der Waals surface area contributed by atoms with Crippen molar-refractivity contribution in [2.75, 3.05) is 22.1 Å². The van der Waals surface area contributed by atoms with Crippen molar-refractivity contribution in [1.29, 1.82) is 0 Å². The molecule has 5 rings (SSSR count). The first-order chi connectivity index (χ1) is 17.9. The van der Waals surface area contributed by atoms with Crippen LogP contribution in [0.15, 0.2) is 72.8 Å². The molecule has 3 aromatic carbocycles. The Hall–Kier alpha value is -4.37. The molecule has 0 saturated carbocycles. The molecule has 1 aromatic heterocycles. The zero-order valence-corrected chi connectivity index (χ0v) is 21.2. The topological polar surface area (TPSA) is 104 Å². The van der Waals surface area contributed by atoms with Gasteiger partial charge in [0.15, 0.2) is 0 Å². The predicted molar refractivity (Wildman–Crippen MR) is 144 cm³/mol. The minimum atomic E-state index is -0.363. The Balaban J connectivity index is 1.23. The van der Waals surface area contributed by atoms with Crippen LogP contribution in [0.1, 0.15) is 49.2 Å². The van der Waals surface area contributed by atoms with Crippen LogP contribution < -0.4 is 15.5 Å². The van der Waals surface area contributed by atoms with E-state index in [1.165, 1.54) is 16.9 Å². The van der Waals surface area contributed by atoms with Crippen molar-refractivity contribution >= 4 is 45.6 Å². The minimum Gasteiger partial charge on any atom is -0.322 e. The van der Waals surface area contributed by atoms with Crippen LogP contribution in [0.25, 0.3) is 0 Å². The summed E-state index contributed by atoms with van der Waals surface area (Å²) in [4.78, 5) is 39.8. The summed E-state index contributed by atoms with van der Waals surface area (Å²) in [6, 6.07) is 21.6. The van der Waals surface area contributed by atoms with Crippen LogP contribution in [-0.4, -0.2) is 34.5 Å². The Morgan fingerprint density at radius 2 is 1.62 bits per heavy atom. The highest BCUT2D eigenvalue weighted by Crippen LogP contribution is 2.35. The summed E-state index contributed by atoms with van der Waals surface area (Å²) in [5, 5.41) is 15.0. The van der Waals surface area contributed by atoms with E-state index in [4.69, 9.17) is 0 Å². The largest absolute Gasteiger partial charge is 0.322 e. The number of amides is 3. The number of carbonyl (C=O) groups excluding carboxylic acids is 3. The van der Waals surface area contributed by atoms with Crippen molar-refractivity contribution < 1.29 is 14.4 Å². The average Bonchev–Trinajstić information content (AvgIpc) is 3.53. The highest BCUT2D eigenvalue weighted by atomic mass is 32.1. The number of nitrogens with one attached hydrogen (secondary N) is 2. The lowest BCUT2D eigenvalue weighted by atomic mass is 10.1. The number of aryl methyl sites for hydroxylation is 2. The third-order valence-electron chi connectivity index (χ3n) is 6.36. The molecule has 1 atom stereocenters. The average molecular weight is 512 g/mol. The van der Waals surface area contributed by atoms with E-state index in [-0.39, 0.29) is 23.6 Å². The van der Waals surface area contributed by atoms with Gasteiger partial charge in [-0.15, -0.1) is 10.2 Å². The molecule has 0 radical (unpaired) electrons. The van der Waals surface area contributed by atoms with Gasteiger partial charge in [0.1, 0.15) is 5.01 Å². The fourth-order valence-corrected chi connectivity index (χ4v) is 5.00. The molecule has 1 aliphatic heterocycles. The normalized spacial score (nSPS) is 15.0. The van der Waals surface area contributed by atoms with Crippen LogP contribution in [-0.2, 0) is 4.79 Å². The summed E-state index contributed by atoms with van der Waals surface area (Å²) in [5.41, 5.74) is 4.61. The number of nitrogens with zero attached hydrogens (tertiary/aromatic N) is 3. The van der Waals surface area contributed by atoms with E-state index in [9.17, 15) is 14.4 Å². The SMILES string of the molecule is Cc1ccc(N2CC(c3nnc(NC(=O)c4cccc(NC(=O)c5ccccc5)c4)s3)CC2=O)cc1C. The molecule has 3 amide bonds. The van der Waals surface area contributed by atoms with Gasteiger partial charge >= 0.3 is 0 Å². The summed E-state index contributed by atoms with van der Waals surface area (Å²) in [7, 11) is 0. The summed E-state index contributed by atoms with van der Waals surface area (Å²) >= 11 is 1.27. The number of benzene rings is 3. The van der Waals surface area contributed by atoms with Crippen LogP contribution in [0.2, 0.25) is 0 Å². The fraction of sp³-hybridized carbons (Fsp3) is 0.179. The van der Waals surface area contributed by atoms with Crippen LogP contribution in [0, 0.1) is 13.8 Å². The molecule has 8 nitrogen and oxygen atoms in total. The number of anilines is 3. The molecule has 0 spiro atoms. The first kappa shape index (κ1) is 24.3. The van der Waals surface area contributed by atoms with Crippen LogP contribution in [0.5, 0.6) is 0 Å². The highest BCUT2D eigenvalue weighted by Gasteiger charge is 2.34. The van der Waals surface area contributed by atoms with E-state index in [1.807, 2.05) is 38.1 Å². The van der Waals surface area contributed by atoms with Crippen molar-refractivity contribution in [2.24, 2.45) is 0 Å². The molecule has 1 unspecified atom stereocenters. The lowest BCUT2D eigenvalue weighted by molar-refractivity contribution is -0.117. The van der Waals surface area contributed by atoms with Crippen LogP contribution >= 0.6 is 11.3 Å². The third-order valence-corrected chi connectivity index (χ3v) is 7.36. The van der Waals surface area contributed by atoms with Crippen LogP contribution in [0.3, 0.4) is 0 Å². The Morgan fingerprint density at radius 3 is 2.41 bits per heavy atom. The minimum absolute atomic E-state index is 0.0448. The second kappa shape index (κ2) is 10.3. The Morgan fingerprint density at radius 1 is 0.865 bits per heavy atom. The predicted octanol–water partition coefficient (Wildman–Crippen LogP) is 5.18. The van der Waals surface area contributed by atoms with Gasteiger partial charge in [0.25, 0.3) is 11.8 Å². The second-order valence-corrected chi connectivity index (χ2v) is 9.98. The smallest absolute Gasteiger partial charge is 0.257 e. The standard InChI is InChI=1S/C28H25N5O3S/c1-17-11-12-23(13-18(17)2)33-16-21(15-24(33)34)27-31-32-28(37-27)30-26(36)20-9-6-10-22(14-20)29-25(35)19-7-4-3-5-8-19/h3-14,21H,15-16H2,1-2H3,(H,29,35)(H,30,32,36). The molecule has 2 N–H and O–H groups in total. The molecule has 2 heterocycles. The van der Waals surface area contributed by atoms with E-state index >= 15 is 0 Å². The lowest BCUT2D eigenvalue weighted by Crippen LogP contribution is -2.24. The molecule has 186 valence electrons. The maximum Gasteiger partial charge on any atom is 0.257 e. The molecular weight excluding hydrogens is 486 g/mol. The molecule has 0 aliphatic carbocycles. The lowest BCUT2D eigenvalue weighted by Gasteiger charge is -2.17. The van der Waals surface area contributed by atoms with Gasteiger partial charge in [0.2, 0.25) is 11.0 Å². The summed E-state index contributed by atoms with van der Waals surface area (Å²) < 4.78 is 0.